The molecule has 94 valence electrons. The normalized spacial score (nSPS) is 18.9. The van der Waals surface area contributed by atoms with Crippen LogP contribution in [0.1, 0.15) is 55.5 Å². The molecule has 0 unspecified atom stereocenters. The molecule has 1 fully saturated rings. The lowest BCUT2D eigenvalue weighted by atomic mass is 9.82. The minimum absolute atomic E-state index is 0.0669. The first-order valence-electron chi connectivity index (χ1n) is 6.04. The van der Waals surface area contributed by atoms with Crippen molar-refractivity contribution in [2.24, 2.45) is 5.73 Å². The first-order chi connectivity index (χ1) is 8.15. The topological polar surface area (TPSA) is 93.9 Å². The summed E-state index contributed by atoms with van der Waals surface area (Å²) in [4.78, 5) is 15.6. The average molecular weight is 238 g/mol. The third-order valence-corrected chi connectivity index (χ3v) is 3.16. The lowest BCUT2D eigenvalue weighted by Crippen LogP contribution is -2.39. The largest absolute Gasteiger partial charge is 0.460 e. The van der Waals surface area contributed by atoms with E-state index in [1.165, 1.54) is 6.42 Å². The molecule has 0 aliphatic heterocycles. The molecule has 6 heteroatoms. The van der Waals surface area contributed by atoms with Gasteiger partial charge in [-0.25, -0.2) is 9.78 Å². The number of ether oxygens (including phenoxy) is 1. The predicted octanol–water partition coefficient (Wildman–Crippen LogP) is 1.10. The summed E-state index contributed by atoms with van der Waals surface area (Å²) in [6.07, 6.45) is 5.14. The van der Waals surface area contributed by atoms with E-state index in [2.05, 4.69) is 15.2 Å². The Balaban J connectivity index is 2.14. The van der Waals surface area contributed by atoms with Gasteiger partial charge in [-0.1, -0.05) is 19.3 Å². The average Bonchev–Trinajstić information content (AvgIpc) is 2.80. The second kappa shape index (κ2) is 4.83. The summed E-state index contributed by atoms with van der Waals surface area (Å²) in [6.45, 7) is 2.06. The second-order valence-electron chi connectivity index (χ2n) is 4.44. The molecule has 1 saturated carbocycles. The van der Waals surface area contributed by atoms with Crippen molar-refractivity contribution in [2.75, 3.05) is 6.61 Å². The van der Waals surface area contributed by atoms with Gasteiger partial charge in [-0.2, -0.15) is 0 Å². The molecule has 2 rings (SSSR count). The van der Waals surface area contributed by atoms with E-state index in [9.17, 15) is 4.79 Å². The second-order valence-corrected chi connectivity index (χ2v) is 4.44. The van der Waals surface area contributed by atoms with Gasteiger partial charge in [0.15, 0.2) is 0 Å². The quantitative estimate of drug-likeness (QED) is 0.769. The number of nitrogens with zero attached hydrogens (tertiary/aromatic N) is 2. The van der Waals surface area contributed by atoms with Crippen LogP contribution in [0.5, 0.6) is 0 Å². The van der Waals surface area contributed by atoms with E-state index in [0.29, 0.717) is 12.4 Å². The van der Waals surface area contributed by atoms with Crippen molar-refractivity contribution in [1.82, 2.24) is 15.2 Å². The zero-order valence-electron chi connectivity index (χ0n) is 10.0. The summed E-state index contributed by atoms with van der Waals surface area (Å²) in [7, 11) is 0. The van der Waals surface area contributed by atoms with E-state index in [1.54, 1.807) is 6.92 Å². The Labute approximate surface area is 99.9 Å². The van der Waals surface area contributed by atoms with Crippen LogP contribution in [-0.2, 0) is 10.3 Å². The standard InChI is InChI=1S/C11H18N4O2/c1-2-17-9(16)8-13-10(15-14-8)11(12)6-4-3-5-7-11/h2-7,12H2,1H3,(H,13,14,15). The zero-order chi connectivity index (χ0) is 12.3. The maximum atomic E-state index is 11.4. The van der Waals surface area contributed by atoms with Gasteiger partial charge in [0.05, 0.1) is 12.1 Å². The number of aromatic nitrogens is 3. The van der Waals surface area contributed by atoms with E-state index in [4.69, 9.17) is 10.5 Å². The molecule has 1 aromatic heterocycles. The van der Waals surface area contributed by atoms with Crippen LogP contribution in [0.4, 0.5) is 0 Å². The van der Waals surface area contributed by atoms with Crippen molar-refractivity contribution < 1.29 is 9.53 Å². The lowest BCUT2D eigenvalue weighted by molar-refractivity contribution is 0.0512. The summed E-state index contributed by atoms with van der Waals surface area (Å²) in [5.74, 6) is 0.159. The Morgan fingerprint density at radius 2 is 2.18 bits per heavy atom. The van der Waals surface area contributed by atoms with E-state index < -0.39 is 11.5 Å². The van der Waals surface area contributed by atoms with Crippen molar-refractivity contribution in [3.8, 4) is 0 Å². The Bertz CT molecular complexity index is 396. The van der Waals surface area contributed by atoms with Gasteiger partial charge in [-0.3, -0.25) is 5.10 Å². The number of nitrogens with two attached hydrogens (primary N) is 1. The van der Waals surface area contributed by atoms with E-state index >= 15 is 0 Å². The number of aromatic amines is 1. The number of carbonyl (C=O) groups excluding carboxylic acids is 1. The van der Waals surface area contributed by atoms with Gasteiger partial charge in [0, 0.05) is 0 Å². The third kappa shape index (κ3) is 2.46. The van der Waals surface area contributed by atoms with Crippen molar-refractivity contribution >= 4 is 5.97 Å². The van der Waals surface area contributed by atoms with Gasteiger partial charge in [-0.05, 0) is 19.8 Å². The molecule has 0 atom stereocenters. The maximum Gasteiger partial charge on any atom is 0.378 e. The SMILES string of the molecule is CCOC(=O)c1n[nH]c(C2(N)CCCCC2)n1. The monoisotopic (exact) mass is 238 g/mol. The first kappa shape index (κ1) is 12.0. The van der Waals surface area contributed by atoms with Crippen LogP contribution in [0.3, 0.4) is 0 Å². The fourth-order valence-corrected chi connectivity index (χ4v) is 2.19. The maximum absolute atomic E-state index is 11.4. The number of rotatable bonds is 3. The van der Waals surface area contributed by atoms with Gasteiger partial charge in [0.1, 0.15) is 5.82 Å². The minimum atomic E-state index is -0.505. The molecule has 0 spiro atoms. The molecular formula is C11H18N4O2. The van der Waals surface area contributed by atoms with Gasteiger partial charge in [0.25, 0.3) is 5.82 Å². The molecule has 17 heavy (non-hydrogen) atoms. The van der Waals surface area contributed by atoms with Gasteiger partial charge >= 0.3 is 5.97 Å². The molecule has 3 N–H and O–H groups in total. The highest BCUT2D eigenvalue weighted by Crippen LogP contribution is 2.32. The summed E-state index contributed by atoms with van der Waals surface area (Å²) in [5, 5.41) is 6.63. The molecule has 1 aliphatic carbocycles. The van der Waals surface area contributed by atoms with Crippen LogP contribution in [-0.4, -0.2) is 27.8 Å². The van der Waals surface area contributed by atoms with Gasteiger partial charge in [0.2, 0.25) is 0 Å². The fraction of sp³-hybridized carbons (Fsp3) is 0.727. The van der Waals surface area contributed by atoms with Crippen LogP contribution in [0, 0.1) is 0 Å². The summed E-state index contributed by atoms with van der Waals surface area (Å²) in [6, 6.07) is 0. The minimum Gasteiger partial charge on any atom is -0.460 e. The predicted molar refractivity (Wildman–Crippen MR) is 61.3 cm³/mol. The number of nitrogens with one attached hydrogen (secondary N) is 1. The highest BCUT2D eigenvalue weighted by atomic mass is 16.5. The van der Waals surface area contributed by atoms with E-state index in [-0.39, 0.29) is 5.82 Å². The Morgan fingerprint density at radius 1 is 1.47 bits per heavy atom. The highest BCUT2D eigenvalue weighted by molar-refractivity contribution is 5.84. The molecular weight excluding hydrogens is 220 g/mol. The fourth-order valence-electron chi connectivity index (χ4n) is 2.19. The van der Waals surface area contributed by atoms with Crippen LogP contribution in [0.25, 0.3) is 0 Å². The van der Waals surface area contributed by atoms with Crippen molar-refractivity contribution in [3.63, 3.8) is 0 Å². The van der Waals surface area contributed by atoms with E-state index in [0.717, 1.165) is 25.7 Å². The third-order valence-electron chi connectivity index (χ3n) is 3.16. The summed E-state index contributed by atoms with van der Waals surface area (Å²) in [5.41, 5.74) is 5.82. The van der Waals surface area contributed by atoms with E-state index in [1.807, 2.05) is 0 Å². The molecule has 0 aromatic carbocycles. The van der Waals surface area contributed by atoms with Crippen molar-refractivity contribution in [1.29, 1.82) is 0 Å². The Hall–Kier alpha value is -1.43. The smallest absolute Gasteiger partial charge is 0.378 e. The number of H-pyrrole nitrogens is 1. The summed E-state index contributed by atoms with van der Waals surface area (Å²) < 4.78 is 4.84. The van der Waals surface area contributed by atoms with Gasteiger partial charge < -0.3 is 10.5 Å². The molecule has 0 saturated heterocycles. The Morgan fingerprint density at radius 3 is 2.82 bits per heavy atom. The van der Waals surface area contributed by atoms with Gasteiger partial charge in [-0.15, -0.1) is 5.10 Å². The molecule has 0 bridgehead atoms. The Kier molecular flexibility index (Phi) is 3.42. The molecule has 0 radical (unpaired) electrons. The zero-order valence-corrected chi connectivity index (χ0v) is 10.0. The van der Waals surface area contributed by atoms with Crippen molar-refractivity contribution in [2.45, 2.75) is 44.6 Å². The number of esters is 1. The molecule has 1 aliphatic rings. The van der Waals surface area contributed by atoms with Crippen LogP contribution in [0.2, 0.25) is 0 Å². The molecule has 0 amide bonds. The number of hydrogen-bond donors (Lipinski definition) is 2. The molecule has 1 heterocycles. The van der Waals surface area contributed by atoms with Crippen LogP contribution >= 0.6 is 0 Å². The number of hydrogen-bond acceptors (Lipinski definition) is 5. The molecule has 6 nitrogen and oxygen atoms in total. The summed E-state index contributed by atoms with van der Waals surface area (Å²) >= 11 is 0. The lowest BCUT2D eigenvalue weighted by Gasteiger charge is -2.30. The first-order valence-corrected chi connectivity index (χ1v) is 6.04. The number of carbonyl (C=O) groups is 1. The highest BCUT2D eigenvalue weighted by Gasteiger charge is 2.33. The van der Waals surface area contributed by atoms with Crippen LogP contribution < -0.4 is 5.73 Å². The van der Waals surface area contributed by atoms with Crippen LogP contribution in [0.15, 0.2) is 0 Å². The molecule has 1 aromatic rings. The van der Waals surface area contributed by atoms with Crippen molar-refractivity contribution in [3.05, 3.63) is 11.6 Å².